The minimum absolute atomic E-state index is 0.0180. The third kappa shape index (κ3) is 6.06. The van der Waals surface area contributed by atoms with Gasteiger partial charge in [-0.3, -0.25) is 0 Å². The van der Waals surface area contributed by atoms with Crippen molar-refractivity contribution in [3.63, 3.8) is 0 Å². The molecule has 0 amide bonds. The summed E-state index contributed by atoms with van der Waals surface area (Å²) in [6.45, 7) is 1.96. The predicted octanol–water partition coefficient (Wildman–Crippen LogP) is 4.45. The lowest BCUT2D eigenvalue weighted by atomic mass is 10.1. The molecule has 0 bridgehead atoms. The summed E-state index contributed by atoms with van der Waals surface area (Å²) < 4.78 is 43.1. The molecule has 0 aliphatic heterocycles. The van der Waals surface area contributed by atoms with Crippen LogP contribution < -0.4 is 0 Å². The second-order valence-corrected chi connectivity index (χ2v) is 4.83. The first-order valence-electron chi connectivity index (χ1n) is 6.91. The average Bonchev–Trinajstić information content (AvgIpc) is 2.41. The lowest BCUT2D eigenvalue weighted by Gasteiger charge is -2.20. The maximum atomic E-state index is 12.9. The molecule has 0 radical (unpaired) electrons. The molecule has 1 unspecified atom stereocenters. The maximum absolute atomic E-state index is 12.9. The van der Waals surface area contributed by atoms with E-state index >= 15 is 0 Å². The number of aromatic hydroxyl groups is 1. The minimum Gasteiger partial charge on any atom is -0.508 e. The molecule has 0 fully saturated rings. The topological polar surface area (TPSA) is 46.5 Å². The van der Waals surface area contributed by atoms with E-state index in [0.717, 1.165) is 12.8 Å². The number of unbranched alkanes of at least 4 members (excludes halogenated alkanes) is 3. The van der Waals surface area contributed by atoms with Crippen LogP contribution in [0.3, 0.4) is 0 Å². The first-order valence-corrected chi connectivity index (χ1v) is 6.91. The summed E-state index contributed by atoms with van der Waals surface area (Å²) in [6.07, 6.45) is -4.07. The number of halogens is 3. The molecular formula is C15H19F3O3. The number of phenolic OH excluding ortho intramolecular Hbond substituents is 1. The van der Waals surface area contributed by atoms with Crippen molar-refractivity contribution >= 4 is 5.97 Å². The molecule has 1 N–H and O–H groups in total. The molecule has 1 aromatic carbocycles. The second kappa shape index (κ2) is 7.90. The number of alkyl halides is 3. The van der Waals surface area contributed by atoms with Crippen LogP contribution in [0.25, 0.3) is 0 Å². The highest BCUT2D eigenvalue weighted by molar-refractivity contribution is 5.89. The van der Waals surface area contributed by atoms with Crippen molar-refractivity contribution in [3.05, 3.63) is 29.8 Å². The molecule has 1 atom stereocenters. The molecule has 1 rings (SSSR count). The molecule has 0 heterocycles. The molecule has 0 saturated carbocycles. The van der Waals surface area contributed by atoms with Crippen molar-refractivity contribution in [2.45, 2.75) is 51.3 Å². The fraction of sp³-hybridized carbons (Fsp3) is 0.533. The number of carbonyl (C=O) groups is 1. The Morgan fingerprint density at radius 3 is 2.33 bits per heavy atom. The third-order valence-electron chi connectivity index (χ3n) is 3.04. The highest BCUT2D eigenvalue weighted by atomic mass is 19.4. The Kier molecular flexibility index (Phi) is 6.52. The second-order valence-electron chi connectivity index (χ2n) is 4.83. The number of esters is 1. The molecule has 3 nitrogen and oxygen atoms in total. The van der Waals surface area contributed by atoms with E-state index in [4.69, 9.17) is 5.11 Å². The van der Waals surface area contributed by atoms with E-state index in [1.807, 2.05) is 6.92 Å². The van der Waals surface area contributed by atoms with Crippen LogP contribution in [0.5, 0.6) is 5.75 Å². The Morgan fingerprint density at radius 2 is 1.81 bits per heavy atom. The van der Waals surface area contributed by atoms with E-state index in [0.29, 0.717) is 12.8 Å². The number of hydrogen-bond acceptors (Lipinski definition) is 3. The molecule has 1 aromatic rings. The van der Waals surface area contributed by atoms with Gasteiger partial charge >= 0.3 is 12.1 Å². The summed E-state index contributed by atoms with van der Waals surface area (Å²) in [5.74, 6) is -1.11. The zero-order valence-corrected chi connectivity index (χ0v) is 11.8. The molecule has 21 heavy (non-hydrogen) atoms. The fourth-order valence-electron chi connectivity index (χ4n) is 1.84. The highest BCUT2D eigenvalue weighted by Crippen LogP contribution is 2.28. The number of carbonyl (C=O) groups excluding carboxylic acids is 1. The van der Waals surface area contributed by atoms with E-state index in [-0.39, 0.29) is 17.7 Å². The summed E-state index contributed by atoms with van der Waals surface area (Å²) in [4.78, 5) is 11.7. The first-order chi connectivity index (χ1) is 9.84. The van der Waals surface area contributed by atoms with Crippen molar-refractivity contribution < 1.29 is 27.8 Å². The largest absolute Gasteiger partial charge is 0.508 e. The summed E-state index contributed by atoms with van der Waals surface area (Å²) >= 11 is 0. The smallest absolute Gasteiger partial charge is 0.425 e. The predicted molar refractivity (Wildman–Crippen MR) is 72.1 cm³/mol. The Labute approximate surface area is 121 Å². The standard InChI is InChI=1S/C15H19F3O3/c1-2-3-4-5-6-13(15(16,17)18)21-14(20)11-7-9-12(19)10-8-11/h7-10,13,19H,2-6H2,1H3. The Balaban J connectivity index is 2.63. The van der Waals surface area contributed by atoms with Gasteiger partial charge in [-0.05, 0) is 37.1 Å². The van der Waals surface area contributed by atoms with Crippen molar-refractivity contribution in [3.8, 4) is 5.75 Å². The van der Waals surface area contributed by atoms with E-state index in [1.165, 1.54) is 24.3 Å². The normalized spacial score (nSPS) is 13.0. The van der Waals surface area contributed by atoms with Gasteiger partial charge < -0.3 is 9.84 Å². The molecule has 6 heteroatoms. The van der Waals surface area contributed by atoms with Crippen molar-refractivity contribution in [1.29, 1.82) is 0 Å². The summed E-state index contributed by atoms with van der Waals surface area (Å²) in [5.41, 5.74) is -0.0180. The number of benzene rings is 1. The molecule has 0 saturated heterocycles. The Morgan fingerprint density at radius 1 is 1.19 bits per heavy atom. The van der Waals surface area contributed by atoms with Crippen LogP contribution in [0.1, 0.15) is 49.4 Å². The summed E-state index contributed by atoms with van der Waals surface area (Å²) in [7, 11) is 0. The van der Waals surface area contributed by atoms with Gasteiger partial charge in [0, 0.05) is 0 Å². The van der Waals surface area contributed by atoms with E-state index in [2.05, 4.69) is 4.74 Å². The molecule has 0 aliphatic carbocycles. The van der Waals surface area contributed by atoms with Gasteiger partial charge in [0.15, 0.2) is 6.10 Å². The van der Waals surface area contributed by atoms with Gasteiger partial charge in [0.05, 0.1) is 5.56 Å². The molecule has 0 spiro atoms. The van der Waals surface area contributed by atoms with Crippen LogP contribution in [0, 0.1) is 0 Å². The van der Waals surface area contributed by atoms with Gasteiger partial charge in [0.25, 0.3) is 0 Å². The third-order valence-corrected chi connectivity index (χ3v) is 3.04. The Bertz CT molecular complexity index is 440. The van der Waals surface area contributed by atoms with Gasteiger partial charge in [-0.25, -0.2) is 4.79 Å². The van der Waals surface area contributed by atoms with Crippen LogP contribution in [0.4, 0.5) is 13.2 Å². The van der Waals surface area contributed by atoms with Crippen LogP contribution in [-0.4, -0.2) is 23.4 Å². The zero-order chi connectivity index (χ0) is 15.9. The van der Waals surface area contributed by atoms with E-state index in [9.17, 15) is 18.0 Å². The number of rotatable bonds is 7. The number of hydrogen-bond donors (Lipinski definition) is 1. The zero-order valence-electron chi connectivity index (χ0n) is 11.8. The molecule has 0 aliphatic rings. The van der Waals surface area contributed by atoms with Gasteiger partial charge in [-0.15, -0.1) is 0 Å². The van der Waals surface area contributed by atoms with Crippen molar-refractivity contribution in [2.75, 3.05) is 0 Å². The van der Waals surface area contributed by atoms with Gasteiger partial charge in [-0.2, -0.15) is 13.2 Å². The van der Waals surface area contributed by atoms with Crippen molar-refractivity contribution in [2.24, 2.45) is 0 Å². The van der Waals surface area contributed by atoms with Gasteiger partial charge in [0.1, 0.15) is 5.75 Å². The van der Waals surface area contributed by atoms with Gasteiger partial charge in [-0.1, -0.05) is 26.2 Å². The molecule has 118 valence electrons. The fourth-order valence-corrected chi connectivity index (χ4v) is 1.84. The van der Waals surface area contributed by atoms with E-state index in [1.54, 1.807) is 0 Å². The quantitative estimate of drug-likeness (QED) is 0.598. The van der Waals surface area contributed by atoms with Crippen LogP contribution in [0.2, 0.25) is 0 Å². The minimum atomic E-state index is -4.57. The van der Waals surface area contributed by atoms with E-state index < -0.39 is 18.2 Å². The lowest BCUT2D eigenvalue weighted by Crippen LogP contribution is -2.33. The van der Waals surface area contributed by atoms with Crippen molar-refractivity contribution in [1.82, 2.24) is 0 Å². The first kappa shape index (κ1) is 17.3. The monoisotopic (exact) mass is 304 g/mol. The van der Waals surface area contributed by atoms with Crippen LogP contribution in [-0.2, 0) is 4.74 Å². The SMILES string of the molecule is CCCCCCC(OC(=O)c1ccc(O)cc1)C(F)(F)F. The number of phenols is 1. The van der Waals surface area contributed by atoms with Gasteiger partial charge in [0.2, 0.25) is 0 Å². The molecule has 0 aromatic heterocycles. The maximum Gasteiger partial charge on any atom is 0.425 e. The highest BCUT2D eigenvalue weighted by Gasteiger charge is 2.42. The lowest BCUT2D eigenvalue weighted by molar-refractivity contribution is -0.206. The summed E-state index contributed by atoms with van der Waals surface area (Å²) in [6, 6.07) is 4.89. The van der Waals surface area contributed by atoms with Crippen LogP contribution in [0.15, 0.2) is 24.3 Å². The number of ether oxygens (including phenoxy) is 1. The summed E-state index contributed by atoms with van der Waals surface area (Å²) in [5, 5.41) is 9.08. The molecular weight excluding hydrogens is 285 g/mol. The van der Waals surface area contributed by atoms with Crippen LogP contribution >= 0.6 is 0 Å². The average molecular weight is 304 g/mol. The Hall–Kier alpha value is -1.72.